The number of H-pyrrole nitrogens is 2. The summed E-state index contributed by atoms with van der Waals surface area (Å²) in [4.78, 5) is 38.1. The molecule has 1 heterocycles. The highest BCUT2D eigenvalue weighted by Crippen LogP contribution is 2.14. The molecule has 1 amide bonds. The molecule has 0 aliphatic carbocycles. The van der Waals surface area contributed by atoms with E-state index in [1.54, 1.807) is 0 Å². The predicted octanol–water partition coefficient (Wildman–Crippen LogP) is 0.936. The van der Waals surface area contributed by atoms with E-state index in [0.717, 1.165) is 17.3 Å². The Balaban J connectivity index is 1.66. The molecule has 0 atom stereocenters. The largest absolute Gasteiger partial charge is 0.325 e. The van der Waals surface area contributed by atoms with Crippen LogP contribution < -0.4 is 21.4 Å². The zero-order chi connectivity index (χ0) is 21.7. The standard InChI is InChI=1S/C19H17N5O5S/c1-12-2-4-13(5-3-12)10-21-23-17(25)14-6-8-15(9-7-14)24-30(28,29)16-11-20-19(27)22-18(16)26/h2-11,24H,1H3,(H,23,25)(H2,20,22,26,27)/b21-10+. The highest BCUT2D eigenvalue weighted by molar-refractivity contribution is 7.92. The minimum atomic E-state index is -4.23. The van der Waals surface area contributed by atoms with E-state index in [1.165, 1.54) is 30.5 Å². The second kappa shape index (κ2) is 8.57. The maximum atomic E-state index is 12.3. The molecule has 0 unspecified atom stereocenters. The van der Waals surface area contributed by atoms with Crippen molar-refractivity contribution in [3.05, 3.63) is 92.3 Å². The van der Waals surface area contributed by atoms with Crippen LogP contribution in [-0.2, 0) is 10.0 Å². The Kier molecular flexibility index (Phi) is 5.93. The zero-order valence-corrected chi connectivity index (χ0v) is 16.5. The summed E-state index contributed by atoms with van der Waals surface area (Å²) in [5.41, 5.74) is 2.82. The third-order valence-electron chi connectivity index (χ3n) is 3.93. The Morgan fingerprint density at radius 3 is 2.33 bits per heavy atom. The average molecular weight is 427 g/mol. The number of hydrazone groups is 1. The summed E-state index contributed by atoms with van der Waals surface area (Å²) in [6.07, 6.45) is 2.30. The lowest BCUT2D eigenvalue weighted by atomic mass is 10.2. The smallest absolute Gasteiger partial charge is 0.313 e. The first-order chi connectivity index (χ1) is 14.2. The molecular formula is C19H17N5O5S. The predicted molar refractivity (Wildman–Crippen MR) is 111 cm³/mol. The van der Waals surface area contributed by atoms with Crippen LogP contribution in [0, 0.1) is 6.92 Å². The van der Waals surface area contributed by atoms with Crippen molar-refractivity contribution in [2.75, 3.05) is 4.72 Å². The van der Waals surface area contributed by atoms with Gasteiger partial charge in [0.05, 0.1) is 6.21 Å². The van der Waals surface area contributed by atoms with Crippen molar-refractivity contribution in [2.24, 2.45) is 5.10 Å². The van der Waals surface area contributed by atoms with Crippen LogP contribution in [0.1, 0.15) is 21.5 Å². The van der Waals surface area contributed by atoms with Gasteiger partial charge in [0.2, 0.25) is 0 Å². The van der Waals surface area contributed by atoms with Gasteiger partial charge in [0, 0.05) is 17.4 Å². The fourth-order valence-corrected chi connectivity index (χ4v) is 3.44. The van der Waals surface area contributed by atoms with Gasteiger partial charge >= 0.3 is 5.69 Å². The van der Waals surface area contributed by atoms with Crippen LogP contribution in [0.15, 0.2) is 74.3 Å². The van der Waals surface area contributed by atoms with Crippen molar-refractivity contribution in [3.8, 4) is 0 Å². The number of hydrogen-bond donors (Lipinski definition) is 4. The fourth-order valence-electron chi connectivity index (χ4n) is 2.38. The topological polar surface area (TPSA) is 153 Å². The van der Waals surface area contributed by atoms with E-state index in [4.69, 9.17) is 0 Å². The Bertz CT molecular complexity index is 1310. The number of aryl methyl sites for hydroxylation is 1. The minimum absolute atomic E-state index is 0.125. The number of benzene rings is 2. The number of nitrogens with one attached hydrogen (secondary N) is 4. The number of aromatic amines is 2. The lowest BCUT2D eigenvalue weighted by Gasteiger charge is -2.07. The molecule has 0 saturated heterocycles. The molecule has 0 bridgehead atoms. The molecule has 11 heteroatoms. The molecule has 0 spiro atoms. The number of carbonyl (C=O) groups is 1. The lowest BCUT2D eigenvalue weighted by molar-refractivity contribution is 0.0955. The number of rotatable bonds is 6. The van der Waals surface area contributed by atoms with Crippen molar-refractivity contribution in [2.45, 2.75) is 11.8 Å². The van der Waals surface area contributed by atoms with E-state index in [1.807, 2.05) is 36.2 Å². The molecule has 2 aromatic carbocycles. The number of anilines is 1. The summed E-state index contributed by atoms with van der Waals surface area (Å²) in [6, 6.07) is 13.1. The molecule has 10 nitrogen and oxygen atoms in total. The second-order valence-corrected chi connectivity index (χ2v) is 7.88. The fraction of sp³-hybridized carbons (Fsp3) is 0.0526. The minimum Gasteiger partial charge on any atom is -0.313 e. The van der Waals surface area contributed by atoms with Gasteiger partial charge in [-0.25, -0.2) is 18.6 Å². The zero-order valence-electron chi connectivity index (χ0n) is 15.7. The van der Waals surface area contributed by atoms with Gasteiger partial charge < -0.3 is 4.98 Å². The number of sulfonamides is 1. The van der Waals surface area contributed by atoms with Gasteiger partial charge in [-0.3, -0.25) is 19.3 Å². The van der Waals surface area contributed by atoms with Gasteiger partial charge in [0.1, 0.15) is 0 Å². The molecule has 154 valence electrons. The van der Waals surface area contributed by atoms with Crippen LogP contribution in [-0.4, -0.2) is 30.5 Å². The molecule has 3 aromatic rings. The maximum absolute atomic E-state index is 12.3. The van der Waals surface area contributed by atoms with E-state index in [-0.39, 0.29) is 11.3 Å². The Morgan fingerprint density at radius 2 is 1.70 bits per heavy atom. The van der Waals surface area contributed by atoms with Crippen LogP contribution >= 0.6 is 0 Å². The summed E-state index contributed by atoms with van der Waals surface area (Å²) in [5.74, 6) is -0.482. The average Bonchev–Trinajstić information content (AvgIpc) is 2.69. The number of aromatic nitrogens is 2. The first-order valence-electron chi connectivity index (χ1n) is 8.59. The molecule has 0 radical (unpaired) electrons. The van der Waals surface area contributed by atoms with Crippen molar-refractivity contribution >= 4 is 27.8 Å². The summed E-state index contributed by atoms with van der Waals surface area (Å²) in [6.45, 7) is 1.96. The van der Waals surface area contributed by atoms with Gasteiger partial charge in [0.25, 0.3) is 21.5 Å². The van der Waals surface area contributed by atoms with Crippen molar-refractivity contribution < 1.29 is 13.2 Å². The van der Waals surface area contributed by atoms with Gasteiger partial charge in [-0.2, -0.15) is 5.10 Å². The summed E-state index contributed by atoms with van der Waals surface area (Å²) in [5, 5.41) is 3.88. The van der Waals surface area contributed by atoms with Crippen LogP contribution in [0.5, 0.6) is 0 Å². The van der Waals surface area contributed by atoms with E-state index in [9.17, 15) is 22.8 Å². The summed E-state index contributed by atoms with van der Waals surface area (Å²) >= 11 is 0. The Labute approximate surface area is 170 Å². The lowest BCUT2D eigenvalue weighted by Crippen LogP contribution is -2.29. The maximum Gasteiger partial charge on any atom is 0.325 e. The number of hydrogen-bond acceptors (Lipinski definition) is 6. The molecule has 0 fully saturated rings. The first-order valence-corrected chi connectivity index (χ1v) is 10.1. The van der Waals surface area contributed by atoms with Gasteiger partial charge in [0.15, 0.2) is 4.90 Å². The third kappa shape index (κ3) is 5.08. The Morgan fingerprint density at radius 1 is 1.03 bits per heavy atom. The first kappa shape index (κ1) is 20.7. The highest BCUT2D eigenvalue weighted by Gasteiger charge is 2.19. The molecule has 30 heavy (non-hydrogen) atoms. The van der Waals surface area contributed by atoms with Crippen molar-refractivity contribution in [1.82, 2.24) is 15.4 Å². The van der Waals surface area contributed by atoms with Crippen LogP contribution in [0.3, 0.4) is 0 Å². The summed E-state index contributed by atoms with van der Waals surface area (Å²) in [7, 11) is -4.23. The highest BCUT2D eigenvalue weighted by atomic mass is 32.2. The van der Waals surface area contributed by atoms with E-state index >= 15 is 0 Å². The normalized spacial score (nSPS) is 11.4. The molecule has 1 aromatic heterocycles. The third-order valence-corrected chi connectivity index (χ3v) is 5.32. The molecule has 3 rings (SSSR count). The van der Waals surface area contributed by atoms with Crippen LogP contribution in [0.4, 0.5) is 5.69 Å². The van der Waals surface area contributed by atoms with Crippen LogP contribution in [0.2, 0.25) is 0 Å². The number of carbonyl (C=O) groups excluding carboxylic acids is 1. The quantitative estimate of drug-likeness (QED) is 0.341. The van der Waals surface area contributed by atoms with Crippen LogP contribution in [0.25, 0.3) is 0 Å². The molecule has 4 N–H and O–H groups in total. The second-order valence-electron chi connectivity index (χ2n) is 6.23. The number of amides is 1. The molecule has 0 aliphatic rings. The van der Waals surface area contributed by atoms with Crippen molar-refractivity contribution in [1.29, 1.82) is 0 Å². The van der Waals surface area contributed by atoms with Crippen molar-refractivity contribution in [3.63, 3.8) is 0 Å². The van der Waals surface area contributed by atoms with E-state index < -0.39 is 32.1 Å². The SMILES string of the molecule is Cc1ccc(/C=N/NC(=O)c2ccc(NS(=O)(=O)c3c[nH]c(=O)[nH]c3=O)cc2)cc1. The Hall–Kier alpha value is -3.99. The van der Waals surface area contributed by atoms with Gasteiger partial charge in [-0.15, -0.1) is 0 Å². The monoisotopic (exact) mass is 427 g/mol. The molecule has 0 saturated carbocycles. The van der Waals surface area contributed by atoms with Gasteiger partial charge in [-0.1, -0.05) is 29.8 Å². The molecular weight excluding hydrogens is 410 g/mol. The van der Waals surface area contributed by atoms with E-state index in [2.05, 4.69) is 20.2 Å². The number of nitrogens with zero attached hydrogens (tertiary/aromatic N) is 1. The molecule has 0 aliphatic heterocycles. The summed E-state index contributed by atoms with van der Waals surface area (Å²) < 4.78 is 26.8. The van der Waals surface area contributed by atoms with Gasteiger partial charge in [-0.05, 0) is 36.8 Å². The van der Waals surface area contributed by atoms with E-state index in [0.29, 0.717) is 0 Å².